The molecule has 0 aromatic carbocycles. The molecule has 0 amide bonds. The minimum Gasteiger partial charge on any atom is -0.468 e. The topological polar surface area (TPSA) is 28.4 Å². The second-order valence-corrected chi connectivity index (χ2v) is 4.28. The van der Waals surface area contributed by atoms with E-state index in [0.717, 1.165) is 31.4 Å². The van der Waals surface area contributed by atoms with Crippen LogP contribution >= 0.6 is 0 Å². The fraction of sp³-hybridized carbons (Fsp3) is 0.667. The molecule has 2 rings (SSSR count). The summed E-state index contributed by atoms with van der Waals surface area (Å²) in [5.41, 5.74) is 0. The van der Waals surface area contributed by atoms with Gasteiger partial charge in [0.05, 0.1) is 12.8 Å². The highest BCUT2D eigenvalue weighted by atomic mass is 16.3. The second kappa shape index (κ2) is 5.33. The van der Waals surface area contributed by atoms with E-state index in [1.807, 2.05) is 12.1 Å². The van der Waals surface area contributed by atoms with E-state index in [1.54, 1.807) is 6.26 Å². The minimum atomic E-state index is 0.774. The third-order valence-corrected chi connectivity index (χ3v) is 3.15. The van der Waals surface area contributed by atoms with Gasteiger partial charge in [-0.25, -0.2) is 0 Å². The van der Waals surface area contributed by atoms with Gasteiger partial charge in [-0.05, 0) is 38.4 Å². The van der Waals surface area contributed by atoms with E-state index in [4.69, 9.17) is 4.42 Å². The second-order valence-electron chi connectivity index (χ2n) is 4.28. The van der Waals surface area contributed by atoms with E-state index in [2.05, 4.69) is 17.1 Å². The standard InChI is InChI=1S/C12H20N2O/c1-11-4-2-7-14(11)8-6-13-10-12-5-3-9-15-12/h3,5,9,11,13H,2,4,6-8,10H2,1H3. The summed E-state index contributed by atoms with van der Waals surface area (Å²) in [6.45, 7) is 6.63. The highest BCUT2D eigenvalue weighted by Gasteiger charge is 2.18. The van der Waals surface area contributed by atoms with E-state index in [9.17, 15) is 0 Å². The zero-order valence-electron chi connectivity index (χ0n) is 9.41. The van der Waals surface area contributed by atoms with Gasteiger partial charge in [-0.1, -0.05) is 0 Å². The summed E-state index contributed by atoms with van der Waals surface area (Å²) in [5, 5.41) is 3.40. The molecular weight excluding hydrogens is 188 g/mol. The van der Waals surface area contributed by atoms with Crippen LogP contribution in [0, 0.1) is 0 Å². The van der Waals surface area contributed by atoms with E-state index >= 15 is 0 Å². The normalized spacial score (nSPS) is 22.3. The lowest BCUT2D eigenvalue weighted by molar-refractivity contribution is 0.267. The van der Waals surface area contributed by atoms with Crippen molar-refractivity contribution in [2.24, 2.45) is 0 Å². The van der Waals surface area contributed by atoms with Crippen molar-refractivity contribution >= 4 is 0 Å². The lowest BCUT2D eigenvalue weighted by Crippen LogP contribution is -2.34. The summed E-state index contributed by atoms with van der Waals surface area (Å²) < 4.78 is 5.25. The number of rotatable bonds is 5. The monoisotopic (exact) mass is 208 g/mol. The van der Waals surface area contributed by atoms with Crippen LogP contribution in [0.4, 0.5) is 0 Å². The molecule has 1 aliphatic heterocycles. The van der Waals surface area contributed by atoms with Gasteiger partial charge < -0.3 is 9.73 Å². The van der Waals surface area contributed by atoms with Gasteiger partial charge in [0.25, 0.3) is 0 Å². The first kappa shape index (κ1) is 10.7. The molecule has 0 spiro atoms. The quantitative estimate of drug-likeness (QED) is 0.749. The lowest BCUT2D eigenvalue weighted by atomic mass is 10.2. The van der Waals surface area contributed by atoms with Crippen LogP contribution in [0.25, 0.3) is 0 Å². The molecule has 1 saturated heterocycles. The summed E-state index contributed by atoms with van der Waals surface area (Å²) in [4.78, 5) is 2.55. The van der Waals surface area contributed by atoms with Crippen LogP contribution in [0.3, 0.4) is 0 Å². The molecule has 0 radical (unpaired) electrons. The molecule has 0 saturated carbocycles. The minimum absolute atomic E-state index is 0.774. The van der Waals surface area contributed by atoms with Crippen molar-refractivity contribution in [1.82, 2.24) is 10.2 Å². The van der Waals surface area contributed by atoms with Crippen LogP contribution < -0.4 is 5.32 Å². The molecule has 1 aromatic rings. The predicted molar refractivity (Wildman–Crippen MR) is 60.7 cm³/mol. The van der Waals surface area contributed by atoms with E-state index in [0.29, 0.717) is 0 Å². The third kappa shape index (κ3) is 3.08. The van der Waals surface area contributed by atoms with Crippen LogP contribution in [0.15, 0.2) is 22.8 Å². The van der Waals surface area contributed by atoms with E-state index in [1.165, 1.54) is 19.4 Å². The van der Waals surface area contributed by atoms with Gasteiger partial charge in [-0.2, -0.15) is 0 Å². The van der Waals surface area contributed by atoms with Crippen molar-refractivity contribution in [3.8, 4) is 0 Å². The molecule has 3 nitrogen and oxygen atoms in total. The Labute approximate surface area is 91.4 Å². The Kier molecular flexibility index (Phi) is 3.80. The smallest absolute Gasteiger partial charge is 0.117 e. The Balaban J connectivity index is 1.59. The SMILES string of the molecule is CC1CCCN1CCNCc1ccco1. The highest BCUT2D eigenvalue weighted by molar-refractivity contribution is 4.97. The molecule has 1 unspecified atom stereocenters. The number of furan rings is 1. The van der Waals surface area contributed by atoms with E-state index < -0.39 is 0 Å². The van der Waals surface area contributed by atoms with Crippen molar-refractivity contribution in [3.05, 3.63) is 24.2 Å². The summed E-state index contributed by atoms with van der Waals surface area (Å²) in [6.07, 6.45) is 4.44. The Morgan fingerprint density at radius 1 is 1.60 bits per heavy atom. The summed E-state index contributed by atoms with van der Waals surface area (Å²) in [6, 6.07) is 4.71. The summed E-state index contributed by atoms with van der Waals surface area (Å²) in [5.74, 6) is 1.02. The van der Waals surface area contributed by atoms with Crippen LogP contribution in [-0.2, 0) is 6.54 Å². The summed E-state index contributed by atoms with van der Waals surface area (Å²) in [7, 11) is 0. The molecule has 84 valence electrons. The maximum Gasteiger partial charge on any atom is 0.117 e. The van der Waals surface area contributed by atoms with Gasteiger partial charge in [0.15, 0.2) is 0 Å². The van der Waals surface area contributed by atoms with Crippen molar-refractivity contribution in [2.45, 2.75) is 32.4 Å². The zero-order valence-corrected chi connectivity index (χ0v) is 9.41. The maximum atomic E-state index is 5.25. The maximum absolute atomic E-state index is 5.25. The Morgan fingerprint density at radius 2 is 2.53 bits per heavy atom. The molecule has 1 atom stereocenters. The number of hydrogen-bond donors (Lipinski definition) is 1. The predicted octanol–water partition coefficient (Wildman–Crippen LogP) is 1.85. The third-order valence-electron chi connectivity index (χ3n) is 3.15. The fourth-order valence-electron chi connectivity index (χ4n) is 2.17. The average molecular weight is 208 g/mol. The fourth-order valence-corrected chi connectivity index (χ4v) is 2.17. The first-order valence-corrected chi connectivity index (χ1v) is 5.83. The molecular formula is C12H20N2O. The number of likely N-dealkylation sites (tertiary alicyclic amines) is 1. The number of nitrogens with one attached hydrogen (secondary N) is 1. The molecule has 15 heavy (non-hydrogen) atoms. The van der Waals surface area contributed by atoms with Gasteiger partial charge in [0.2, 0.25) is 0 Å². The van der Waals surface area contributed by atoms with Crippen LogP contribution in [-0.4, -0.2) is 30.6 Å². The van der Waals surface area contributed by atoms with Gasteiger partial charge in [-0.15, -0.1) is 0 Å². The highest BCUT2D eigenvalue weighted by Crippen LogP contribution is 2.14. The van der Waals surface area contributed by atoms with Crippen molar-refractivity contribution < 1.29 is 4.42 Å². The molecule has 2 heterocycles. The van der Waals surface area contributed by atoms with Crippen molar-refractivity contribution in [3.63, 3.8) is 0 Å². The Bertz CT molecular complexity index is 271. The Hall–Kier alpha value is -0.800. The zero-order chi connectivity index (χ0) is 10.5. The average Bonchev–Trinajstić information content (AvgIpc) is 2.85. The van der Waals surface area contributed by atoms with Gasteiger partial charge >= 0.3 is 0 Å². The molecule has 3 heteroatoms. The van der Waals surface area contributed by atoms with Crippen LogP contribution in [0.1, 0.15) is 25.5 Å². The first-order valence-electron chi connectivity index (χ1n) is 5.83. The molecule has 1 fully saturated rings. The largest absolute Gasteiger partial charge is 0.468 e. The molecule has 0 aliphatic carbocycles. The number of hydrogen-bond acceptors (Lipinski definition) is 3. The van der Waals surface area contributed by atoms with E-state index in [-0.39, 0.29) is 0 Å². The molecule has 1 N–H and O–H groups in total. The van der Waals surface area contributed by atoms with Crippen molar-refractivity contribution in [2.75, 3.05) is 19.6 Å². The Morgan fingerprint density at radius 3 is 3.20 bits per heavy atom. The molecule has 0 bridgehead atoms. The lowest BCUT2D eigenvalue weighted by Gasteiger charge is -2.20. The van der Waals surface area contributed by atoms with Crippen LogP contribution in [0.2, 0.25) is 0 Å². The van der Waals surface area contributed by atoms with Crippen molar-refractivity contribution in [1.29, 1.82) is 0 Å². The van der Waals surface area contributed by atoms with Gasteiger partial charge in [-0.3, -0.25) is 4.90 Å². The van der Waals surface area contributed by atoms with Crippen LogP contribution in [0.5, 0.6) is 0 Å². The molecule has 1 aliphatic rings. The number of nitrogens with zero attached hydrogens (tertiary/aromatic N) is 1. The van der Waals surface area contributed by atoms with Gasteiger partial charge in [0, 0.05) is 19.1 Å². The van der Waals surface area contributed by atoms with Gasteiger partial charge in [0.1, 0.15) is 5.76 Å². The molecule has 1 aromatic heterocycles. The summed E-state index contributed by atoms with van der Waals surface area (Å²) >= 11 is 0. The first-order chi connectivity index (χ1) is 7.36.